The molecule has 1 rings (SSSR count). The van der Waals surface area contributed by atoms with E-state index in [1.54, 1.807) is 0 Å². The molecule has 0 spiro atoms. The minimum absolute atomic E-state index is 0.625. The van der Waals surface area contributed by atoms with E-state index in [2.05, 4.69) is 27.7 Å². The van der Waals surface area contributed by atoms with Gasteiger partial charge in [-0.25, -0.2) is 0 Å². The minimum Gasteiger partial charge on any atom is -0.0648 e. The molecule has 0 heteroatoms. The average Bonchev–Trinajstić information content (AvgIpc) is 2.10. The van der Waals surface area contributed by atoms with Crippen LogP contribution in [0.2, 0.25) is 0 Å². The lowest BCUT2D eigenvalue weighted by molar-refractivity contribution is 0.00896. The van der Waals surface area contributed by atoms with Gasteiger partial charge in [-0.15, -0.1) is 0 Å². The first-order chi connectivity index (χ1) is 5.58. The third-order valence-electron chi connectivity index (χ3n) is 4.72. The van der Waals surface area contributed by atoms with Crippen molar-refractivity contribution in [3.63, 3.8) is 0 Å². The maximum Gasteiger partial charge on any atom is -0.0275 e. The largest absolute Gasteiger partial charge is 0.0648 e. The fourth-order valence-corrected chi connectivity index (χ4v) is 2.84. The van der Waals surface area contributed by atoms with E-state index in [1.165, 1.54) is 38.5 Å². The lowest BCUT2D eigenvalue weighted by Crippen LogP contribution is -2.39. The summed E-state index contributed by atoms with van der Waals surface area (Å²) in [6.07, 6.45) is 8.54. The van der Waals surface area contributed by atoms with Gasteiger partial charge in [0.1, 0.15) is 0 Å². The zero-order valence-corrected chi connectivity index (χ0v) is 9.24. The van der Waals surface area contributed by atoms with Crippen molar-refractivity contribution >= 4 is 0 Å². The van der Waals surface area contributed by atoms with Gasteiger partial charge >= 0.3 is 0 Å². The van der Waals surface area contributed by atoms with Crippen LogP contribution in [0.15, 0.2) is 0 Å². The van der Waals surface area contributed by atoms with Crippen LogP contribution in [0.25, 0.3) is 0 Å². The lowest BCUT2D eigenvalue weighted by atomic mass is 9.55. The van der Waals surface area contributed by atoms with Crippen LogP contribution in [0.1, 0.15) is 66.2 Å². The molecule has 2 atom stereocenters. The van der Waals surface area contributed by atoms with E-state index < -0.39 is 0 Å². The van der Waals surface area contributed by atoms with Crippen molar-refractivity contribution in [1.82, 2.24) is 0 Å². The predicted molar refractivity (Wildman–Crippen MR) is 55.3 cm³/mol. The molecule has 72 valence electrons. The third-order valence-corrected chi connectivity index (χ3v) is 4.72. The third kappa shape index (κ3) is 1.41. The molecule has 1 saturated carbocycles. The zero-order valence-electron chi connectivity index (χ0n) is 9.24. The molecule has 0 unspecified atom stereocenters. The molecule has 0 heterocycles. The first-order valence-corrected chi connectivity index (χ1v) is 5.58. The van der Waals surface area contributed by atoms with Crippen molar-refractivity contribution in [2.45, 2.75) is 66.2 Å². The van der Waals surface area contributed by atoms with E-state index in [0.29, 0.717) is 10.8 Å². The molecular formula is C12H24. The summed E-state index contributed by atoms with van der Waals surface area (Å²) in [6.45, 7) is 9.71. The first-order valence-electron chi connectivity index (χ1n) is 5.58. The van der Waals surface area contributed by atoms with Gasteiger partial charge in [-0.1, -0.05) is 53.4 Å². The molecule has 1 fully saturated rings. The van der Waals surface area contributed by atoms with Gasteiger partial charge in [0.15, 0.2) is 0 Å². The Hall–Kier alpha value is 0. The van der Waals surface area contributed by atoms with Gasteiger partial charge in [0.25, 0.3) is 0 Å². The van der Waals surface area contributed by atoms with E-state index in [-0.39, 0.29) is 0 Å². The quantitative estimate of drug-likeness (QED) is 0.573. The highest BCUT2D eigenvalue weighted by Crippen LogP contribution is 2.54. The fraction of sp³-hybridized carbons (Fsp3) is 1.00. The van der Waals surface area contributed by atoms with Crippen molar-refractivity contribution in [3.8, 4) is 0 Å². The second-order valence-corrected chi connectivity index (χ2v) is 5.04. The van der Waals surface area contributed by atoms with Crippen LogP contribution in [0.3, 0.4) is 0 Å². The van der Waals surface area contributed by atoms with Crippen molar-refractivity contribution in [3.05, 3.63) is 0 Å². The predicted octanol–water partition coefficient (Wildman–Crippen LogP) is 4.39. The average molecular weight is 168 g/mol. The molecule has 0 aromatic rings. The molecule has 0 aromatic heterocycles. The van der Waals surface area contributed by atoms with Gasteiger partial charge in [-0.05, 0) is 23.7 Å². The van der Waals surface area contributed by atoms with E-state index >= 15 is 0 Å². The van der Waals surface area contributed by atoms with Crippen LogP contribution in [0.4, 0.5) is 0 Å². The molecule has 1 aliphatic rings. The summed E-state index contributed by atoms with van der Waals surface area (Å²) in [7, 11) is 0. The van der Waals surface area contributed by atoms with Crippen molar-refractivity contribution in [2.24, 2.45) is 10.8 Å². The second-order valence-electron chi connectivity index (χ2n) is 5.04. The Morgan fingerprint density at radius 3 is 1.42 bits per heavy atom. The van der Waals surface area contributed by atoms with Gasteiger partial charge in [0.05, 0.1) is 0 Å². The summed E-state index contributed by atoms with van der Waals surface area (Å²) in [6, 6.07) is 0. The Balaban J connectivity index is 2.79. The topological polar surface area (TPSA) is 0 Å². The Morgan fingerprint density at radius 1 is 0.833 bits per heavy atom. The Labute approximate surface area is 77.7 Å². The Morgan fingerprint density at radius 2 is 1.17 bits per heavy atom. The molecule has 0 bridgehead atoms. The highest BCUT2D eigenvalue weighted by atomic mass is 14.5. The van der Waals surface area contributed by atoms with Crippen LogP contribution >= 0.6 is 0 Å². The smallest absolute Gasteiger partial charge is 0.0275 e. The van der Waals surface area contributed by atoms with Crippen LogP contribution < -0.4 is 0 Å². The summed E-state index contributed by atoms with van der Waals surface area (Å²) in [5, 5.41) is 0. The van der Waals surface area contributed by atoms with Gasteiger partial charge < -0.3 is 0 Å². The monoisotopic (exact) mass is 168 g/mol. The zero-order chi connectivity index (χ0) is 9.24. The van der Waals surface area contributed by atoms with Gasteiger partial charge in [-0.3, -0.25) is 0 Å². The van der Waals surface area contributed by atoms with Crippen molar-refractivity contribution < 1.29 is 0 Å². The second kappa shape index (κ2) is 3.40. The van der Waals surface area contributed by atoms with Gasteiger partial charge in [0.2, 0.25) is 0 Å². The molecule has 1 aliphatic carbocycles. The molecular weight excluding hydrogens is 144 g/mol. The molecule has 0 saturated heterocycles. The molecule has 0 nitrogen and oxygen atoms in total. The summed E-state index contributed by atoms with van der Waals surface area (Å²) in [5.74, 6) is 0. The summed E-state index contributed by atoms with van der Waals surface area (Å²) in [4.78, 5) is 0. The van der Waals surface area contributed by atoms with Crippen LogP contribution in [-0.4, -0.2) is 0 Å². The standard InChI is InChI=1S/C12H24/c1-5-11(3)9-7-8-10-12(11,4)6-2/h5-10H2,1-4H3/t11-,12+. The SMILES string of the molecule is CC[C@@]1(C)CCCC[C@@]1(C)CC. The molecule has 0 radical (unpaired) electrons. The molecule has 0 amide bonds. The van der Waals surface area contributed by atoms with Gasteiger partial charge in [0, 0.05) is 0 Å². The number of hydrogen-bond acceptors (Lipinski definition) is 0. The van der Waals surface area contributed by atoms with Crippen LogP contribution in [0, 0.1) is 10.8 Å². The maximum absolute atomic E-state index is 2.50. The highest BCUT2D eigenvalue weighted by molar-refractivity contribution is 4.93. The molecule has 0 N–H and O–H groups in total. The van der Waals surface area contributed by atoms with E-state index in [0.717, 1.165) is 0 Å². The first kappa shape index (κ1) is 10.1. The summed E-state index contributed by atoms with van der Waals surface area (Å²) in [5.41, 5.74) is 1.25. The minimum atomic E-state index is 0.625. The highest BCUT2D eigenvalue weighted by Gasteiger charge is 2.43. The van der Waals surface area contributed by atoms with E-state index in [4.69, 9.17) is 0 Å². The van der Waals surface area contributed by atoms with Crippen molar-refractivity contribution in [2.75, 3.05) is 0 Å². The lowest BCUT2D eigenvalue weighted by Gasteiger charge is -2.50. The maximum atomic E-state index is 2.50. The van der Waals surface area contributed by atoms with E-state index in [1.807, 2.05) is 0 Å². The molecule has 0 aliphatic heterocycles. The Bertz CT molecular complexity index is 132. The van der Waals surface area contributed by atoms with Crippen molar-refractivity contribution in [1.29, 1.82) is 0 Å². The summed E-state index contributed by atoms with van der Waals surface area (Å²) < 4.78 is 0. The fourth-order valence-electron chi connectivity index (χ4n) is 2.84. The van der Waals surface area contributed by atoms with Crippen LogP contribution in [-0.2, 0) is 0 Å². The Kier molecular flexibility index (Phi) is 2.85. The number of hydrogen-bond donors (Lipinski definition) is 0. The molecule has 0 aromatic carbocycles. The van der Waals surface area contributed by atoms with E-state index in [9.17, 15) is 0 Å². The van der Waals surface area contributed by atoms with Crippen LogP contribution in [0.5, 0.6) is 0 Å². The normalized spacial score (nSPS) is 43.0. The summed E-state index contributed by atoms with van der Waals surface area (Å²) >= 11 is 0. The van der Waals surface area contributed by atoms with Gasteiger partial charge in [-0.2, -0.15) is 0 Å². The molecule has 12 heavy (non-hydrogen) atoms. The number of rotatable bonds is 2.